The molecule has 21 heavy (non-hydrogen) atoms. The maximum Gasteiger partial charge on any atom is 0.337 e. The van der Waals surface area contributed by atoms with E-state index in [2.05, 4.69) is 0 Å². The SMILES string of the molecule is CN(CCS(C)(=O)=O)S(=O)(=O)c1ccc(Cl)c(C(=O)O)c1. The van der Waals surface area contributed by atoms with Crippen LogP contribution in [-0.4, -0.2) is 57.8 Å². The van der Waals surface area contributed by atoms with Crippen molar-refractivity contribution in [2.24, 2.45) is 0 Å². The van der Waals surface area contributed by atoms with Crippen LogP contribution in [0.4, 0.5) is 0 Å². The fourth-order valence-electron chi connectivity index (χ4n) is 1.42. The van der Waals surface area contributed by atoms with Gasteiger partial charge < -0.3 is 5.11 Å². The number of rotatable bonds is 6. The van der Waals surface area contributed by atoms with E-state index in [1.807, 2.05) is 0 Å². The summed E-state index contributed by atoms with van der Waals surface area (Å²) in [4.78, 5) is 10.7. The van der Waals surface area contributed by atoms with Crippen molar-refractivity contribution >= 4 is 37.4 Å². The van der Waals surface area contributed by atoms with E-state index in [-0.39, 0.29) is 27.8 Å². The van der Waals surface area contributed by atoms with E-state index in [0.717, 1.165) is 16.6 Å². The lowest BCUT2D eigenvalue weighted by molar-refractivity contribution is 0.0697. The highest BCUT2D eigenvalue weighted by atomic mass is 35.5. The Morgan fingerprint density at radius 2 is 1.86 bits per heavy atom. The molecular weight excluding hydrogens is 342 g/mol. The second-order valence-corrected chi connectivity index (χ2v) is 9.12. The van der Waals surface area contributed by atoms with Gasteiger partial charge >= 0.3 is 5.97 Å². The molecule has 0 saturated carbocycles. The zero-order valence-corrected chi connectivity index (χ0v) is 13.7. The summed E-state index contributed by atoms with van der Waals surface area (Å²) < 4.78 is 47.5. The number of sulfone groups is 1. The quantitative estimate of drug-likeness (QED) is 0.804. The summed E-state index contributed by atoms with van der Waals surface area (Å²) in [5.74, 6) is -1.68. The fraction of sp³-hybridized carbons (Fsp3) is 0.364. The van der Waals surface area contributed by atoms with Crippen molar-refractivity contribution in [3.63, 3.8) is 0 Å². The molecule has 0 amide bonds. The zero-order valence-electron chi connectivity index (χ0n) is 11.3. The van der Waals surface area contributed by atoms with Gasteiger partial charge in [-0.15, -0.1) is 0 Å². The highest BCUT2D eigenvalue weighted by Gasteiger charge is 2.23. The minimum absolute atomic E-state index is 0.0831. The van der Waals surface area contributed by atoms with E-state index in [0.29, 0.717) is 0 Å². The molecule has 0 aliphatic rings. The van der Waals surface area contributed by atoms with Crippen LogP contribution in [0.25, 0.3) is 0 Å². The lowest BCUT2D eigenvalue weighted by Gasteiger charge is -2.17. The number of hydrogen-bond donors (Lipinski definition) is 1. The van der Waals surface area contributed by atoms with Crippen molar-refractivity contribution in [2.45, 2.75) is 4.90 Å². The predicted octanol–water partition coefficient (Wildman–Crippen LogP) is 0.703. The number of nitrogens with zero attached hydrogens (tertiary/aromatic N) is 1. The Hall–Kier alpha value is -1.16. The second kappa shape index (κ2) is 6.30. The molecule has 1 N–H and O–H groups in total. The molecule has 0 fully saturated rings. The van der Waals surface area contributed by atoms with E-state index in [1.165, 1.54) is 19.2 Å². The van der Waals surface area contributed by atoms with Crippen molar-refractivity contribution in [3.05, 3.63) is 28.8 Å². The number of benzene rings is 1. The van der Waals surface area contributed by atoms with E-state index >= 15 is 0 Å². The molecule has 7 nitrogen and oxygen atoms in total. The van der Waals surface area contributed by atoms with E-state index < -0.39 is 25.8 Å². The van der Waals surface area contributed by atoms with Crippen LogP contribution < -0.4 is 0 Å². The number of hydrogen-bond acceptors (Lipinski definition) is 5. The molecule has 0 aliphatic heterocycles. The van der Waals surface area contributed by atoms with Crippen LogP contribution in [0.2, 0.25) is 5.02 Å². The molecular formula is C11H14ClNO6S2. The van der Waals surface area contributed by atoms with E-state index in [4.69, 9.17) is 16.7 Å². The summed E-state index contributed by atoms with van der Waals surface area (Å²) in [7, 11) is -6.08. The summed E-state index contributed by atoms with van der Waals surface area (Å²) in [5.41, 5.74) is -0.339. The Bertz CT molecular complexity index is 757. The molecule has 0 radical (unpaired) electrons. The standard InChI is InChI=1S/C11H14ClNO6S2/c1-13(5-6-20(2,16)17)21(18,19)8-3-4-10(12)9(7-8)11(14)15/h3-4,7H,5-6H2,1-2H3,(H,14,15). The number of sulfonamides is 1. The molecule has 0 heterocycles. The van der Waals surface area contributed by atoms with Crippen molar-refractivity contribution < 1.29 is 26.7 Å². The Balaban J connectivity index is 3.13. The predicted molar refractivity (Wildman–Crippen MR) is 77.9 cm³/mol. The van der Waals surface area contributed by atoms with E-state index in [9.17, 15) is 21.6 Å². The number of aromatic carboxylic acids is 1. The van der Waals surface area contributed by atoms with Gasteiger partial charge in [0.05, 0.1) is 21.2 Å². The number of carbonyl (C=O) groups is 1. The smallest absolute Gasteiger partial charge is 0.337 e. The van der Waals surface area contributed by atoms with Gasteiger partial charge in [-0.1, -0.05) is 11.6 Å². The average Bonchev–Trinajstić information content (AvgIpc) is 2.34. The molecule has 10 heteroatoms. The number of carboxylic acid groups (broad SMARTS) is 1. The van der Waals surface area contributed by atoms with Gasteiger partial charge in [-0.3, -0.25) is 0 Å². The first-order valence-electron chi connectivity index (χ1n) is 5.62. The van der Waals surface area contributed by atoms with E-state index in [1.54, 1.807) is 0 Å². The molecule has 0 aliphatic carbocycles. The van der Waals surface area contributed by atoms with Crippen LogP contribution in [0.15, 0.2) is 23.1 Å². The Morgan fingerprint density at radius 3 is 2.33 bits per heavy atom. The van der Waals surface area contributed by atoms with Crippen LogP contribution in [0.5, 0.6) is 0 Å². The molecule has 0 atom stereocenters. The van der Waals surface area contributed by atoms with Crippen LogP contribution in [0, 0.1) is 0 Å². The first-order chi connectivity index (χ1) is 9.45. The molecule has 118 valence electrons. The minimum atomic E-state index is -3.99. The summed E-state index contributed by atoms with van der Waals surface area (Å²) >= 11 is 5.67. The molecule has 1 aromatic rings. The highest BCUT2D eigenvalue weighted by molar-refractivity contribution is 7.91. The normalized spacial score (nSPS) is 12.6. The van der Waals surface area contributed by atoms with Crippen LogP contribution in [-0.2, 0) is 19.9 Å². The van der Waals surface area contributed by atoms with Crippen LogP contribution in [0.3, 0.4) is 0 Å². The zero-order chi connectivity index (χ0) is 16.4. The fourth-order valence-corrected chi connectivity index (χ4v) is 3.54. The number of carboxylic acids is 1. The molecule has 0 bridgehead atoms. The lowest BCUT2D eigenvalue weighted by Crippen LogP contribution is -2.31. The van der Waals surface area contributed by atoms with Gasteiger partial charge in [-0.05, 0) is 18.2 Å². The molecule has 1 rings (SSSR count). The molecule has 0 saturated heterocycles. The van der Waals surface area contributed by atoms with Gasteiger partial charge in [0, 0.05) is 19.8 Å². The summed E-state index contributed by atoms with van der Waals surface area (Å²) in [6.45, 7) is -0.230. The summed E-state index contributed by atoms with van der Waals surface area (Å²) in [5, 5.41) is 8.85. The molecule has 0 unspecified atom stereocenters. The third-order valence-electron chi connectivity index (χ3n) is 2.65. The van der Waals surface area contributed by atoms with Gasteiger partial charge in [0.1, 0.15) is 9.84 Å². The molecule has 0 spiro atoms. The van der Waals surface area contributed by atoms with Crippen molar-refractivity contribution in [3.8, 4) is 0 Å². The summed E-state index contributed by atoms with van der Waals surface area (Å²) in [6.07, 6.45) is 0.998. The first kappa shape index (κ1) is 17.9. The van der Waals surface area contributed by atoms with Gasteiger partial charge in [0.25, 0.3) is 0 Å². The Morgan fingerprint density at radius 1 is 1.29 bits per heavy atom. The monoisotopic (exact) mass is 355 g/mol. The molecule has 0 aromatic heterocycles. The Labute approximate surface area is 128 Å². The third kappa shape index (κ3) is 4.67. The van der Waals surface area contributed by atoms with Gasteiger partial charge in [-0.2, -0.15) is 4.31 Å². The lowest BCUT2D eigenvalue weighted by atomic mass is 10.2. The van der Waals surface area contributed by atoms with Crippen molar-refractivity contribution in [1.29, 1.82) is 0 Å². The van der Waals surface area contributed by atoms with Gasteiger partial charge in [-0.25, -0.2) is 21.6 Å². The maximum absolute atomic E-state index is 12.2. The van der Waals surface area contributed by atoms with Gasteiger partial charge in [0.2, 0.25) is 10.0 Å². The minimum Gasteiger partial charge on any atom is -0.478 e. The largest absolute Gasteiger partial charge is 0.478 e. The third-order valence-corrected chi connectivity index (χ3v) is 5.76. The van der Waals surface area contributed by atoms with Crippen molar-refractivity contribution in [2.75, 3.05) is 25.6 Å². The van der Waals surface area contributed by atoms with Crippen LogP contribution in [0.1, 0.15) is 10.4 Å². The van der Waals surface area contributed by atoms with Crippen LogP contribution >= 0.6 is 11.6 Å². The Kier molecular flexibility index (Phi) is 5.37. The van der Waals surface area contributed by atoms with Crippen molar-refractivity contribution in [1.82, 2.24) is 4.31 Å². The summed E-state index contributed by atoms with van der Waals surface area (Å²) in [6, 6.07) is 3.28. The second-order valence-electron chi connectivity index (χ2n) is 4.40. The average molecular weight is 356 g/mol. The number of halogens is 1. The van der Waals surface area contributed by atoms with Gasteiger partial charge in [0.15, 0.2) is 0 Å². The topological polar surface area (TPSA) is 109 Å². The maximum atomic E-state index is 12.2. The highest BCUT2D eigenvalue weighted by Crippen LogP contribution is 2.22. The first-order valence-corrected chi connectivity index (χ1v) is 9.50. The molecule has 1 aromatic carbocycles.